The summed E-state index contributed by atoms with van der Waals surface area (Å²) in [4.78, 5) is 16.2. The standard InChI is InChI=1S/C13H10F3N3O/c14-13(15,16)10-3-1-9(2-4-10)11(20)12(5-6-12)19-8-17-7-18-19/h1-4,7-8H,5-6H2. The maximum Gasteiger partial charge on any atom is 0.416 e. The Morgan fingerprint density at radius 3 is 2.30 bits per heavy atom. The molecule has 1 saturated carbocycles. The van der Waals surface area contributed by atoms with Crippen molar-refractivity contribution in [2.24, 2.45) is 0 Å². The van der Waals surface area contributed by atoms with Crippen molar-refractivity contribution >= 4 is 5.78 Å². The van der Waals surface area contributed by atoms with E-state index < -0.39 is 17.3 Å². The monoisotopic (exact) mass is 281 g/mol. The zero-order chi connectivity index (χ0) is 14.4. The largest absolute Gasteiger partial charge is 0.416 e. The van der Waals surface area contributed by atoms with Crippen molar-refractivity contribution in [3.8, 4) is 0 Å². The molecule has 0 atom stereocenters. The molecular formula is C13H10F3N3O. The van der Waals surface area contributed by atoms with Crippen LogP contribution in [0.2, 0.25) is 0 Å². The van der Waals surface area contributed by atoms with Gasteiger partial charge in [0, 0.05) is 5.56 Å². The van der Waals surface area contributed by atoms with Crippen LogP contribution in [0.25, 0.3) is 0 Å². The number of rotatable bonds is 3. The summed E-state index contributed by atoms with van der Waals surface area (Å²) in [7, 11) is 0. The van der Waals surface area contributed by atoms with Gasteiger partial charge in [-0.3, -0.25) is 4.79 Å². The van der Waals surface area contributed by atoms with Crippen LogP contribution in [0.1, 0.15) is 28.8 Å². The molecule has 7 heteroatoms. The minimum absolute atomic E-state index is 0.225. The van der Waals surface area contributed by atoms with Crippen molar-refractivity contribution in [2.75, 3.05) is 0 Å². The summed E-state index contributed by atoms with van der Waals surface area (Å²) < 4.78 is 38.9. The van der Waals surface area contributed by atoms with Gasteiger partial charge >= 0.3 is 6.18 Å². The Morgan fingerprint density at radius 1 is 1.20 bits per heavy atom. The van der Waals surface area contributed by atoms with E-state index in [-0.39, 0.29) is 11.3 Å². The van der Waals surface area contributed by atoms with Gasteiger partial charge in [-0.25, -0.2) is 9.67 Å². The summed E-state index contributed by atoms with van der Waals surface area (Å²) in [5.41, 5.74) is -1.28. The van der Waals surface area contributed by atoms with Crippen molar-refractivity contribution in [3.05, 3.63) is 48.0 Å². The number of alkyl halides is 3. The van der Waals surface area contributed by atoms with Crippen LogP contribution in [0, 0.1) is 0 Å². The summed E-state index contributed by atoms with van der Waals surface area (Å²) in [6, 6.07) is 4.26. The van der Waals surface area contributed by atoms with E-state index in [1.54, 1.807) is 0 Å². The van der Waals surface area contributed by atoms with Crippen LogP contribution in [0.15, 0.2) is 36.9 Å². The number of hydrogen-bond acceptors (Lipinski definition) is 3. The van der Waals surface area contributed by atoms with Crippen molar-refractivity contribution in [2.45, 2.75) is 24.6 Å². The number of carbonyl (C=O) groups is 1. The molecule has 0 amide bonds. The Labute approximate surface area is 112 Å². The van der Waals surface area contributed by atoms with E-state index in [1.165, 1.54) is 29.5 Å². The molecule has 3 rings (SSSR count). The van der Waals surface area contributed by atoms with E-state index in [9.17, 15) is 18.0 Å². The Bertz CT molecular complexity index is 628. The molecule has 2 aromatic rings. The van der Waals surface area contributed by atoms with Crippen molar-refractivity contribution in [1.82, 2.24) is 14.8 Å². The van der Waals surface area contributed by atoms with E-state index in [2.05, 4.69) is 10.1 Å². The van der Waals surface area contributed by atoms with Gasteiger partial charge in [0.25, 0.3) is 0 Å². The third kappa shape index (κ3) is 1.99. The lowest BCUT2D eigenvalue weighted by molar-refractivity contribution is -0.137. The van der Waals surface area contributed by atoms with Gasteiger partial charge in [-0.05, 0) is 25.0 Å². The molecule has 1 fully saturated rings. The minimum atomic E-state index is -4.40. The van der Waals surface area contributed by atoms with E-state index in [0.717, 1.165) is 12.1 Å². The van der Waals surface area contributed by atoms with Crippen LogP contribution in [0.4, 0.5) is 13.2 Å². The molecular weight excluding hydrogens is 271 g/mol. The lowest BCUT2D eigenvalue weighted by Crippen LogP contribution is -2.28. The highest BCUT2D eigenvalue weighted by atomic mass is 19.4. The highest BCUT2D eigenvalue weighted by Crippen LogP contribution is 2.45. The van der Waals surface area contributed by atoms with Crippen LogP contribution in [0.3, 0.4) is 0 Å². The number of halogens is 3. The topological polar surface area (TPSA) is 47.8 Å². The number of carbonyl (C=O) groups excluding carboxylic acids is 1. The molecule has 1 heterocycles. The Balaban J connectivity index is 1.89. The predicted molar refractivity (Wildman–Crippen MR) is 63.0 cm³/mol. The average molecular weight is 281 g/mol. The predicted octanol–water partition coefficient (Wildman–Crippen LogP) is 2.67. The first-order valence-corrected chi connectivity index (χ1v) is 6.01. The molecule has 1 aromatic heterocycles. The second-order valence-electron chi connectivity index (χ2n) is 4.78. The summed E-state index contributed by atoms with van der Waals surface area (Å²) >= 11 is 0. The molecule has 20 heavy (non-hydrogen) atoms. The molecule has 104 valence electrons. The number of Topliss-reactive ketones (excluding diaryl/α,β-unsaturated/α-hetero) is 1. The fourth-order valence-corrected chi connectivity index (χ4v) is 2.19. The molecule has 0 saturated heterocycles. The zero-order valence-electron chi connectivity index (χ0n) is 10.3. The molecule has 0 bridgehead atoms. The number of hydrogen-bond donors (Lipinski definition) is 0. The Morgan fingerprint density at radius 2 is 1.85 bits per heavy atom. The van der Waals surface area contributed by atoms with Gasteiger partial charge in [-0.15, -0.1) is 0 Å². The molecule has 0 N–H and O–H groups in total. The first kappa shape index (κ1) is 12.8. The maximum atomic E-state index is 12.5. The van der Waals surface area contributed by atoms with Crippen molar-refractivity contribution in [1.29, 1.82) is 0 Å². The second kappa shape index (κ2) is 4.16. The van der Waals surface area contributed by atoms with Gasteiger partial charge in [0.2, 0.25) is 0 Å². The fraction of sp³-hybridized carbons (Fsp3) is 0.308. The number of ketones is 1. The van der Waals surface area contributed by atoms with Gasteiger partial charge in [0.1, 0.15) is 18.2 Å². The molecule has 4 nitrogen and oxygen atoms in total. The lowest BCUT2D eigenvalue weighted by atomic mass is 10.0. The number of benzene rings is 1. The smallest absolute Gasteiger partial charge is 0.291 e. The molecule has 1 aliphatic rings. The highest BCUT2D eigenvalue weighted by molar-refractivity contribution is 6.03. The fourth-order valence-electron chi connectivity index (χ4n) is 2.19. The SMILES string of the molecule is O=C(c1ccc(C(F)(F)F)cc1)C1(n2cncn2)CC1. The molecule has 0 radical (unpaired) electrons. The molecule has 1 aliphatic carbocycles. The van der Waals surface area contributed by atoms with Gasteiger partial charge in [-0.1, -0.05) is 12.1 Å². The van der Waals surface area contributed by atoms with Crippen LogP contribution < -0.4 is 0 Å². The maximum absolute atomic E-state index is 12.5. The van der Waals surface area contributed by atoms with Crippen LogP contribution in [0.5, 0.6) is 0 Å². The molecule has 1 aromatic carbocycles. The molecule has 0 spiro atoms. The Kier molecular flexibility index (Phi) is 2.67. The normalized spacial score (nSPS) is 16.9. The van der Waals surface area contributed by atoms with Gasteiger partial charge in [0.05, 0.1) is 5.56 Å². The highest BCUT2D eigenvalue weighted by Gasteiger charge is 2.52. The van der Waals surface area contributed by atoms with E-state index >= 15 is 0 Å². The van der Waals surface area contributed by atoms with Crippen LogP contribution in [-0.4, -0.2) is 20.5 Å². The van der Waals surface area contributed by atoms with E-state index in [0.29, 0.717) is 12.8 Å². The van der Waals surface area contributed by atoms with Crippen LogP contribution >= 0.6 is 0 Å². The van der Waals surface area contributed by atoms with Crippen molar-refractivity contribution < 1.29 is 18.0 Å². The summed E-state index contributed by atoms with van der Waals surface area (Å²) in [6.45, 7) is 0. The Hall–Kier alpha value is -2.18. The zero-order valence-corrected chi connectivity index (χ0v) is 10.3. The first-order valence-electron chi connectivity index (χ1n) is 6.01. The van der Waals surface area contributed by atoms with E-state index in [1.807, 2.05) is 0 Å². The summed E-state index contributed by atoms with van der Waals surface area (Å²) in [5, 5.41) is 3.96. The molecule has 0 aliphatic heterocycles. The second-order valence-corrected chi connectivity index (χ2v) is 4.78. The molecule has 0 unspecified atom stereocenters. The lowest BCUT2D eigenvalue weighted by Gasteiger charge is -2.14. The summed E-state index contributed by atoms with van der Waals surface area (Å²) in [6.07, 6.45) is -0.369. The quantitative estimate of drug-likeness (QED) is 0.813. The minimum Gasteiger partial charge on any atom is -0.291 e. The number of aromatic nitrogens is 3. The van der Waals surface area contributed by atoms with Gasteiger partial charge in [-0.2, -0.15) is 18.3 Å². The van der Waals surface area contributed by atoms with Crippen molar-refractivity contribution in [3.63, 3.8) is 0 Å². The summed E-state index contributed by atoms with van der Waals surface area (Å²) in [5.74, 6) is -0.225. The van der Waals surface area contributed by atoms with E-state index in [4.69, 9.17) is 0 Å². The number of nitrogens with zero attached hydrogens (tertiary/aromatic N) is 3. The first-order chi connectivity index (χ1) is 9.43. The average Bonchev–Trinajstić information content (AvgIpc) is 3.04. The van der Waals surface area contributed by atoms with Crippen LogP contribution in [-0.2, 0) is 11.7 Å². The van der Waals surface area contributed by atoms with Gasteiger partial charge < -0.3 is 0 Å². The third-order valence-electron chi connectivity index (χ3n) is 3.48. The van der Waals surface area contributed by atoms with Gasteiger partial charge in [0.15, 0.2) is 5.78 Å². The third-order valence-corrected chi connectivity index (χ3v) is 3.48.